The van der Waals surface area contributed by atoms with Gasteiger partial charge in [-0.05, 0) is 30.9 Å². The van der Waals surface area contributed by atoms with E-state index in [0.29, 0.717) is 24.6 Å². The van der Waals surface area contributed by atoms with Gasteiger partial charge in [-0.15, -0.1) is 0 Å². The summed E-state index contributed by atoms with van der Waals surface area (Å²) >= 11 is 0. The molecule has 1 rings (SSSR count). The van der Waals surface area contributed by atoms with E-state index in [1.807, 2.05) is 0 Å². The number of hydrogen-bond acceptors (Lipinski definition) is 3. The number of aldehydes is 1. The number of hydrogen-bond donors (Lipinski definition) is 1. The maximum absolute atomic E-state index is 10.7. The van der Waals surface area contributed by atoms with Crippen molar-refractivity contribution in [2.75, 3.05) is 6.61 Å². The molecule has 3 heteroatoms. The Kier molecular flexibility index (Phi) is 4.83. The van der Waals surface area contributed by atoms with Gasteiger partial charge in [0.25, 0.3) is 0 Å². The van der Waals surface area contributed by atoms with Gasteiger partial charge in [-0.25, -0.2) is 0 Å². The second-order valence-corrected chi connectivity index (χ2v) is 4.19. The summed E-state index contributed by atoms with van der Waals surface area (Å²) in [5, 5.41) is 9.42. The van der Waals surface area contributed by atoms with Crippen molar-refractivity contribution < 1.29 is 14.6 Å². The molecular formula is C13H18O3. The Morgan fingerprint density at radius 1 is 1.44 bits per heavy atom. The van der Waals surface area contributed by atoms with Gasteiger partial charge in [-0.2, -0.15) is 0 Å². The van der Waals surface area contributed by atoms with Crippen molar-refractivity contribution in [3.63, 3.8) is 0 Å². The standard InChI is InChI=1S/C13H18O3/c1-10(2)5-4-8-16-13-7-3-6-12(15)11(13)9-14/h3,6-7,9-10,15H,4-5,8H2,1-2H3. The minimum Gasteiger partial charge on any atom is -0.507 e. The molecule has 0 amide bonds. The summed E-state index contributed by atoms with van der Waals surface area (Å²) in [5.41, 5.74) is 0.229. The van der Waals surface area contributed by atoms with E-state index < -0.39 is 0 Å². The molecule has 0 unspecified atom stereocenters. The van der Waals surface area contributed by atoms with Crippen LogP contribution in [0.4, 0.5) is 0 Å². The molecule has 1 N–H and O–H groups in total. The number of phenols is 1. The highest BCUT2D eigenvalue weighted by molar-refractivity contribution is 5.83. The summed E-state index contributed by atoms with van der Waals surface area (Å²) in [7, 11) is 0. The molecule has 0 aliphatic rings. The molecule has 0 bridgehead atoms. The van der Waals surface area contributed by atoms with Crippen LogP contribution in [0.3, 0.4) is 0 Å². The molecule has 1 aromatic carbocycles. The van der Waals surface area contributed by atoms with E-state index in [1.54, 1.807) is 12.1 Å². The molecule has 0 saturated carbocycles. The van der Waals surface area contributed by atoms with Gasteiger partial charge in [0.2, 0.25) is 0 Å². The Balaban J connectivity index is 2.53. The van der Waals surface area contributed by atoms with Gasteiger partial charge in [-0.3, -0.25) is 4.79 Å². The summed E-state index contributed by atoms with van der Waals surface area (Å²) in [5.74, 6) is 1.08. The predicted octanol–water partition coefficient (Wildman–Crippen LogP) is 3.02. The van der Waals surface area contributed by atoms with Gasteiger partial charge in [0.15, 0.2) is 6.29 Å². The lowest BCUT2D eigenvalue weighted by atomic mass is 10.1. The van der Waals surface area contributed by atoms with Crippen LogP contribution in [0, 0.1) is 5.92 Å². The van der Waals surface area contributed by atoms with Crippen LogP contribution in [-0.2, 0) is 0 Å². The van der Waals surface area contributed by atoms with Crippen LogP contribution < -0.4 is 4.74 Å². The topological polar surface area (TPSA) is 46.5 Å². The minimum atomic E-state index is -0.0311. The lowest BCUT2D eigenvalue weighted by Gasteiger charge is -2.10. The zero-order valence-electron chi connectivity index (χ0n) is 9.77. The lowest BCUT2D eigenvalue weighted by Crippen LogP contribution is -2.01. The second kappa shape index (κ2) is 6.16. The highest BCUT2D eigenvalue weighted by Crippen LogP contribution is 2.25. The molecule has 0 aliphatic carbocycles. The number of phenolic OH excluding ortho intramolecular Hbond substituents is 1. The first-order valence-corrected chi connectivity index (χ1v) is 5.55. The third kappa shape index (κ3) is 3.57. The molecule has 0 aromatic heterocycles. The Labute approximate surface area is 96.1 Å². The maximum Gasteiger partial charge on any atom is 0.157 e. The van der Waals surface area contributed by atoms with E-state index in [-0.39, 0.29) is 11.3 Å². The Bertz CT molecular complexity index is 345. The largest absolute Gasteiger partial charge is 0.507 e. The van der Waals surface area contributed by atoms with Crippen molar-refractivity contribution in [1.29, 1.82) is 0 Å². The fraction of sp³-hybridized carbons (Fsp3) is 0.462. The molecule has 0 atom stereocenters. The first-order valence-electron chi connectivity index (χ1n) is 5.55. The number of rotatable bonds is 6. The zero-order valence-corrected chi connectivity index (χ0v) is 9.77. The number of ether oxygens (including phenoxy) is 1. The zero-order chi connectivity index (χ0) is 12.0. The van der Waals surface area contributed by atoms with Gasteiger partial charge in [0, 0.05) is 0 Å². The van der Waals surface area contributed by atoms with Gasteiger partial charge >= 0.3 is 0 Å². The fourth-order valence-electron chi connectivity index (χ4n) is 1.45. The Morgan fingerprint density at radius 2 is 2.19 bits per heavy atom. The van der Waals surface area contributed by atoms with Gasteiger partial charge in [-0.1, -0.05) is 19.9 Å². The quantitative estimate of drug-likeness (QED) is 0.594. The third-order valence-electron chi connectivity index (χ3n) is 2.34. The Morgan fingerprint density at radius 3 is 2.81 bits per heavy atom. The molecule has 0 spiro atoms. The molecular weight excluding hydrogens is 204 g/mol. The van der Waals surface area contributed by atoms with Crippen LogP contribution in [0.25, 0.3) is 0 Å². The molecule has 0 saturated heterocycles. The first-order chi connectivity index (χ1) is 7.65. The van der Waals surface area contributed by atoms with Crippen molar-refractivity contribution in [2.45, 2.75) is 26.7 Å². The Hall–Kier alpha value is -1.51. The van der Waals surface area contributed by atoms with Crippen molar-refractivity contribution in [3.8, 4) is 11.5 Å². The normalized spacial score (nSPS) is 10.4. The van der Waals surface area contributed by atoms with E-state index in [4.69, 9.17) is 4.74 Å². The van der Waals surface area contributed by atoms with Gasteiger partial charge in [0.1, 0.15) is 11.5 Å². The second-order valence-electron chi connectivity index (χ2n) is 4.19. The summed E-state index contributed by atoms with van der Waals surface area (Å²) in [6.45, 7) is 4.89. The summed E-state index contributed by atoms with van der Waals surface area (Å²) in [6.07, 6.45) is 2.66. The van der Waals surface area contributed by atoms with Crippen LogP contribution in [0.1, 0.15) is 37.0 Å². The van der Waals surface area contributed by atoms with Crippen molar-refractivity contribution >= 4 is 6.29 Å². The van der Waals surface area contributed by atoms with Crippen LogP contribution in [0.15, 0.2) is 18.2 Å². The van der Waals surface area contributed by atoms with E-state index in [0.717, 1.165) is 12.8 Å². The van der Waals surface area contributed by atoms with Crippen LogP contribution in [0.2, 0.25) is 0 Å². The molecule has 3 nitrogen and oxygen atoms in total. The molecule has 88 valence electrons. The van der Waals surface area contributed by atoms with E-state index in [9.17, 15) is 9.90 Å². The van der Waals surface area contributed by atoms with Gasteiger partial charge < -0.3 is 9.84 Å². The average molecular weight is 222 g/mol. The molecule has 0 heterocycles. The number of benzene rings is 1. The third-order valence-corrected chi connectivity index (χ3v) is 2.34. The number of carbonyl (C=O) groups excluding carboxylic acids is 1. The van der Waals surface area contributed by atoms with E-state index in [1.165, 1.54) is 6.07 Å². The molecule has 0 fully saturated rings. The molecule has 0 aliphatic heterocycles. The summed E-state index contributed by atoms with van der Waals surface area (Å²) < 4.78 is 5.47. The first kappa shape index (κ1) is 12.6. The lowest BCUT2D eigenvalue weighted by molar-refractivity contribution is 0.111. The van der Waals surface area contributed by atoms with E-state index in [2.05, 4.69) is 13.8 Å². The monoisotopic (exact) mass is 222 g/mol. The van der Waals surface area contributed by atoms with Crippen molar-refractivity contribution in [3.05, 3.63) is 23.8 Å². The fourth-order valence-corrected chi connectivity index (χ4v) is 1.45. The smallest absolute Gasteiger partial charge is 0.157 e. The van der Waals surface area contributed by atoms with E-state index >= 15 is 0 Å². The predicted molar refractivity (Wildman–Crippen MR) is 63.1 cm³/mol. The van der Waals surface area contributed by atoms with Gasteiger partial charge in [0.05, 0.1) is 12.2 Å². The highest BCUT2D eigenvalue weighted by atomic mass is 16.5. The van der Waals surface area contributed by atoms with Crippen LogP contribution >= 0.6 is 0 Å². The number of aromatic hydroxyl groups is 1. The SMILES string of the molecule is CC(C)CCCOc1cccc(O)c1C=O. The van der Waals surface area contributed by atoms with Crippen molar-refractivity contribution in [2.24, 2.45) is 5.92 Å². The molecule has 0 radical (unpaired) electrons. The average Bonchev–Trinajstić information content (AvgIpc) is 2.24. The van der Waals surface area contributed by atoms with Crippen LogP contribution in [-0.4, -0.2) is 18.0 Å². The van der Waals surface area contributed by atoms with Crippen molar-refractivity contribution in [1.82, 2.24) is 0 Å². The molecule has 16 heavy (non-hydrogen) atoms. The summed E-state index contributed by atoms with van der Waals surface area (Å²) in [4.78, 5) is 10.7. The minimum absolute atomic E-state index is 0.0311. The van der Waals surface area contributed by atoms with Crippen LogP contribution in [0.5, 0.6) is 11.5 Å². The highest BCUT2D eigenvalue weighted by Gasteiger charge is 2.07. The maximum atomic E-state index is 10.7. The number of carbonyl (C=O) groups is 1. The summed E-state index contributed by atoms with van der Waals surface area (Å²) in [6, 6.07) is 4.84. The molecule has 1 aromatic rings.